The van der Waals surface area contributed by atoms with Crippen molar-refractivity contribution in [3.05, 3.63) is 106 Å². The number of sulfonamides is 1. The number of para-hydroxylation sites is 1. The second-order valence-electron chi connectivity index (χ2n) is 8.14. The summed E-state index contributed by atoms with van der Waals surface area (Å²) < 4.78 is 33.3. The van der Waals surface area contributed by atoms with Crippen molar-refractivity contribution in [2.75, 3.05) is 4.31 Å². The molecule has 174 valence electrons. The lowest BCUT2D eigenvalue weighted by Crippen LogP contribution is -2.39. The Kier molecular flexibility index (Phi) is 6.65. The lowest BCUT2D eigenvalue weighted by Gasteiger charge is -2.23. The van der Waals surface area contributed by atoms with E-state index in [9.17, 15) is 18.0 Å². The highest BCUT2D eigenvalue weighted by Gasteiger charge is 2.33. The van der Waals surface area contributed by atoms with Gasteiger partial charge in [0.25, 0.3) is 15.9 Å². The maximum atomic E-state index is 13.7. The number of hydrogen-bond donors (Lipinski definition) is 0. The summed E-state index contributed by atoms with van der Waals surface area (Å²) in [6.07, 6.45) is 2.89. The van der Waals surface area contributed by atoms with Crippen molar-refractivity contribution in [1.82, 2.24) is 0 Å². The van der Waals surface area contributed by atoms with Gasteiger partial charge in [0.05, 0.1) is 10.6 Å². The van der Waals surface area contributed by atoms with E-state index in [2.05, 4.69) is 6.92 Å². The standard InChI is InChI=1S/C27H25NO5S/c1-3-4-7-20-12-14-22(15-13-20)28(34(31,32)23-16-10-19(2)11-17-23)26(29)24-18-21-8-5-6-9-25(21)33-27(24)30/h5-6,8-18H,3-4,7H2,1-2H3. The number of amides is 1. The van der Waals surface area contributed by atoms with Crippen LogP contribution in [0.15, 0.2) is 93.0 Å². The summed E-state index contributed by atoms with van der Waals surface area (Å²) in [5.74, 6) is -0.971. The minimum absolute atomic E-state index is 0.0494. The molecule has 4 aromatic rings. The summed E-state index contributed by atoms with van der Waals surface area (Å²) in [4.78, 5) is 26.3. The molecule has 0 radical (unpaired) electrons. The normalized spacial score (nSPS) is 11.5. The van der Waals surface area contributed by atoms with E-state index >= 15 is 0 Å². The number of aryl methyl sites for hydroxylation is 2. The third-order valence-electron chi connectivity index (χ3n) is 5.61. The van der Waals surface area contributed by atoms with Gasteiger partial charge in [-0.05, 0) is 61.7 Å². The van der Waals surface area contributed by atoms with E-state index in [-0.39, 0.29) is 16.1 Å². The van der Waals surface area contributed by atoms with Gasteiger partial charge in [-0.15, -0.1) is 0 Å². The van der Waals surface area contributed by atoms with Crippen molar-refractivity contribution in [1.29, 1.82) is 0 Å². The Morgan fingerprint density at radius 1 is 0.941 bits per heavy atom. The van der Waals surface area contributed by atoms with Gasteiger partial charge in [-0.2, -0.15) is 4.31 Å². The maximum absolute atomic E-state index is 13.7. The molecule has 6 nitrogen and oxygen atoms in total. The molecule has 0 aliphatic heterocycles. The number of benzene rings is 3. The molecule has 0 bridgehead atoms. The molecule has 0 saturated heterocycles. The van der Waals surface area contributed by atoms with Gasteiger partial charge in [-0.25, -0.2) is 13.2 Å². The summed E-state index contributed by atoms with van der Waals surface area (Å²) in [5.41, 5.74) is 1.13. The monoisotopic (exact) mass is 475 g/mol. The average molecular weight is 476 g/mol. The second kappa shape index (κ2) is 9.65. The van der Waals surface area contributed by atoms with Crippen LogP contribution >= 0.6 is 0 Å². The summed E-state index contributed by atoms with van der Waals surface area (Å²) in [6.45, 7) is 3.94. The van der Waals surface area contributed by atoms with Crippen LogP contribution in [0.5, 0.6) is 0 Å². The summed E-state index contributed by atoms with van der Waals surface area (Å²) in [6, 6.07) is 21.1. The number of carbonyl (C=O) groups excluding carboxylic acids is 1. The van der Waals surface area contributed by atoms with Crippen LogP contribution in [0.4, 0.5) is 5.69 Å². The van der Waals surface area contributed by atoms with Crippen LogP contribution in [0.25, 0.3) is 11.0 Å². The number of hydrogen-bond acceptors (Lipinski definition) is 5. The summed E-state index contributed by atoms with van der Waals surface area (Å²) in [5, 5.41) is 0.521. The Hall–Kier alpha value is -3.71. The fraction of sp³-hybridized carbons (Fsp3) is 0.185. The van der Waals surface area contributed by atoms with Gasteiger partial charge in [0, 0.05) is 5.39 Å². The molecule has 3 aromatic carbocycles. The van der Waals surface area contributed by atoms with Crippen LogP contribution in [0.3, 0.4) is 0 Å². The van der Waals surface area contributed by atoms with Gasteiger partial charge < -0.3 is 4.42 Å². The van der Waals surface area contributed by atoms with Crippen LogP contribution in [0, 0.1) is 6.92 Å². The molecule has 0 unspecified atom stereocenters. The summed E-state index contributed by atoms with van der Waals surface area (Å²) >= 11 is 0. The molecule has 0 N–H and O–H groups in total. The fourth-order valence-corrected chi connectivity index (χ4v) is 5.09. The smallest absolute Gasteiger partial charge is 0.349 e. The predicted octanol–water partition coefficient (Wildman–Crippen LogP) is 5.48. The van der Waals surface area contributed by atoms with E-state index in [0.717, 1.165) is 30.4 Å². The fourth-order valence-electron chi connectivity index (χ4n) is 3.68. The van der Waals surface area contributed by atoms with E-state index < -0.39 is 21.6 Å². The quantitative estimate of drug-likeness (QED) is 0.331. The largest absolute Gasteiger partial charge is 0.422 e. The molecule has 4 rings (SSSR count). The van der Waals surface area contributed by atoms with Crippen LogP contribution in [-0.4, -0.2) is 14.3 Å². The molecule has 0 aliphatic rings. The molecule has 0 spiro atoms. The Labute approximate surface area is 198 Å². The topological polar surface area (TPSA) is 84.7 Å². The van der Waals surface area contributed by atoms with E-state index in [4.69, 9.17) is 4.42 Å². The molecular weight excluding hydrogens is 450 g/mol. The minimum Gasteiger partial charge on any atom is -0.422 e. The molecule has 0 atom stereocenters. The van der Waals surface area contributed by atoms with Crippen molar-refractivity contribution in [2.24, 2.45) is 0 Å². The zero-order valence-electron chi connectivity index (χ0n) is 19.0. The van der Waals surface area contributed by atoms with Gasteiger partial charge in [0.2, 0.25) is 0 Å². The lowest BCUT2D eigenvalue weighted by molar-refractivity contribution is 0.100. The highest BCUT2D eigenvalue weighted by Crippen LogP contribution is 2.27. The van der Waals surface area contributed by atoms with E-state index in [0.29, 0.717) is 15.3 Å². The zero-order chi connectivity index (χ0) is 24.3. The van der Waals surface area contributed by atoms with Crippen molar-refractivity contribution < 1.29 is 17.6 Å². The molecule has 0 fully saturated rings. The van der Waals surface area contributed by atoms with E-state index in [1.54, 1.807) is 60.7 Å². The number of rotatable bonds is 7. The average Bonchev–Trinajstić information content (AvgIpc) is 2.83. The third-order valence-corrected chi connectivity index (χ3v) is 7.33. The van der Waals surface area contributed by atoms with Gasteiger partial charge >= 0.3 is 5.63 Å². The number of unbranched alkanes of at least 4 members (excludes halogenated alkanes) is 1. The zero-order valence-corrected chi connectivity index (χ0v) is 19.8. The first kappa shape index (κ1) is 23.4. The number of anilines is 1. The van der Waals surface area contributed by atoms with Crippen LogP contribution in [0.1, 0.15) is 41.3 Å². The number of nitrogens with zero attached hydrogens (tertiary/aromatic N) is 1. The first-order chi connectivity index (χ1) is 16.3. The molecule has 1 amide bonds. The van der Waals surface area contributed by atoms with Crippen molar-refractivity contribution >= 4 is 32.6 Å². The van der Waals surface area contributed by atoms with Crippen LogP contribution < -0.4 is 9.93 Å². The molecule has 1 heterocycles. The van der Waals surface area contributed by atoms with Gasteiger partial charge in [-0.3, -0.25) is 4.79 Å². The molecule has 7 heteroatoms. The van der Waals surface area contributed by atoms with Crippen molar-refractivity contribution in [3.8, 4) is 0 Å². The Morgan fingerprint density at radius 2 is 1.62 bits per heavy atom. The highest BCUT2D eigenvalue weighted by atomic mass is 32.2. The Morgan fingerprint density at radius 3 is 2.29 bits per heavy atom. The third kappa shape index (κ3) is 4.65. The molecule has 34 heavy (non-hydrogen) atoms. The van der Waals surface area contributed by atoms with Crippen LogP contribution in [0.2, 0.25) is 0 Å². The van der Waals surface area contributed by atoms with Crippen molar-refractivity contribution in [2.45, 2.75) is 38.0 Å². The van der Waals surface area contributed by atoms with E-state index in [1.165, 1.54) is 18.2 Å². The SMILES string of the molecule is CCCCc1ccc(N(C(=O)c2cc3ccccc3oc2=O)S(=O)(=O)c2ccc(C)cc2)cc1. The molecule has 0 saturated carbocycles. The molecule has 1 aromatic heterocycles. The van der Waals surface area contributed by atoms with Crippen LogP contribution in [-0.2, 0) is 16.4 Å². The van der Waals surface area contributed by atoms with Gasteiger partial charge in [0.1, 0.15) is 11.1 Å². The Balaban J connectivity index is 1.85. The first-order valence-corrected chi connectivity index (χ1v) is 12.5. The number of fused-ring (bicyclic) bond motifs is 1. The maximum Gasteiger partial charge on any atom is 0.349 e. The van der Waals surface area contributed by atoms with Gasteiger partial charge in [0.15, 0.2) is 0 Å². The predicted molar refractivity (Wildman–Crippen MR) is 133 cm³/mol. The molecular formula is C27H25NO5S. The first-order valence-electron chi connectivity index (χ1n) is 11.1. The lowest BCUT2D eigenvalue weighted by atomic mass is 10.1. The van der Waals surface area contributed by atoms with Gasteiger partial charge in [-0.1, -0.05) is 61.4 Å². The molecule has 0 aliphatic carbocycles. The highest BCUT2D eigenvalue weighted by molar-refractivity contribution is 7.93. The Bertz CT molecular complexity index is 1490. The van der Waals surface area contributed by atoms with Crippen molar-refractivity contribution in [3.63, 3.8) is 0 Å². The second-order valence-corrected chi connectivity index (χ2v) is 9.93. The minimum atomic E-state index is -4.31. The number of carbonyl (C=O) groups is 1. The van der Waals surface area contributed by atoms with E-state index in [1.807, 2.05) is 6.92 Å². The summed E-state index contributed by atoms with van der Waals surface area (Å²) in [7, 11) is -4.31.